The molecule has 0 radical (unpaired) electrons. The monoisotopic (exact) mass is 1030 g/mol. The van der Waals surface area contributed by atoms with Crippen LogP contribution < -0.4 is 15.7 Å². The second kappa shape index (κ2) is 15.4. The summed E-state index contributed by atoms with van der Waals surface area (Å²) < 4.78 is 15.0. The molecular weight excluding hydrogens is 968 g/mol. The molecule has 5 nitrogen and oxygen atoms in total. The molecule has 13 aromatic rings. The minimum Gasteiger partial charge on any atom is -0.455 e. The lowest BCUT2D eigenvalue weighted by molar-refractivity contribution is 0.332. The van der Waals surface area contributed by atoms with Gasteiger partial charge in [0.25, 0.3) is 0 Å². The minimum atomic E-state index is -0.247. The van der Waals surface area contributed by atoms with Gasteiger partial charge in [-0.05, 0) is 152 Å². The number of aromatic nitrogens is 3. The molecule has 6 heterocycles. The Labute approximate surface area is 459 Å². The van der Waals surface area contributed by atoms with Crippen molar-refractivity contribution in [1.29, 1.82) is 0 Å². The number of benzene rings is 9. The van der Waals surface area contributed by atoms with Crippen LogP contribution in [0.25, 0.3) is 109 Å². The summed E-state index contributed by atoms with van der Waals surface area (Å²) in [5.41, 5.74) is 22.6. The van der Waals surface area contributed by atoms with E-state index in [2.05, 4.69) is 247 Å². The topological polar surface area (TPSA) is 39.1 Å². The van der Waals surface area contributed by atoms with E-state index in [9.17, 15) is 0 Å². The van der Waals surface area contributed by atoms with Crippen LogP contribution in [0, 0.1) is 0 Å². The molecule has 0 amide bonds. The normalized spacial score (nSPS) is 15.6. The molecule has 3 aliphatic rings. The Balaban J connectivity index is 1.11. The Kier molecular flexibility index (Phi) is 9.16. The third kappa shape index (κ3) is 6.28. The summed E-state index contributed by atoms with van der Waals surface area (Å²) in [7, 11) is 0. The van der Waals surface area contributed by atoms with Gasteiger partial charge >= 0.3 is 6.85 Å². The molecule has 0 N–H and O–H groups in total. The molecule has 380 valence electrons. The van der Waals surface area contributed by atoms with Crippen molar-refractivity contribution in [2.24, 2.45) is 0 Å². The lowest BCUT2D eigenvalue weighted by Crippen LogP contribution is -2.60. The molecule has 0 fully saturated rings. The number of nitrogens with zero attached hydrogens (tertiary/aromatic N) is 4. The first kappa shape index (κ1) is 46.3. The van der Waals surface area contributed by atoms with Crippen LogP contribution in [-0.4, -0.2) is 21.0 Å². The van der Waals surface area contributed by atoms with Gasteiger partial charge < -0.3 is 13.8 Å². The first-order valence-electron chi connectivity index (χ1n) is 28.0. The van der Waals surface area contributed by atoms with E-state index in [1.165, 1.54) is 110 Å². The van der Waals surface area contributed by atoms with Crippen molar-refractivity contribution >= 4 is 115 Å². The fourth-order valence-corrected chi connectivity index (χ4v) is 15.3. The van der Waals surface area contributed by atoms with Gasteiger partial charge in [0.2, 0.25) is 0 Å². The highest BCUT2D eigenvalue weighted by Crippen LogP contribution is 2.55. The molecule has 2 aliphatic heterocycles. The van der Waals surface area contributed by atoms with Gasteiger partial charge in [-0.2, -0.15) is 0 Å². The summed E-state index contributed by atoms with van der Waals surface area (Å²) >= 11 is 1.96. The second-order valence-corrected chi connectivity index (χ2v) is 27.3. The van der Waals surface area contributed by atoms with Crippen LogP contribution >= 0.6 is 11.3 Å². The van der Waals surface area contributed by atoms with Gasteiger partial charge in [0.15, 0.2) is 0 Å². The summed E-state index contributed by atoms with van der Waals surface area (Å²) in [4.78, 5) is 8.39. The molecule has 0 atom stereocenters. The van der Waals surface area contributed by atoms with Crippen molar-refractivity contribution in [3.63, 3.8) is 0 Å². The van der Waals surface area contributed by atoms with Crippen molar-refractivity contribution in [3.05, 3.63) is 186 Å². The number of thiophene rings is 1. The summed E-state index contributed by atoms with van der Waals surface area (Å²) in [5.74, 6) is 0.919. The van der Waals surface area contributed by atoms with Gasteiger partial charge in [-0.1, -0.05) is 154 Å². The molecule has 9 aromatic carbocycles. The Hall–Kier alpha value is -7.87. The quantitative estimate of drug-likeness (QED) is 0.166. The van der Waals surface area contributed by atoms with Crippen molar-refractivity contribution in [1.82, 2.24) is 14.1 Å². The van der Waals surface area contributed by atoms with Crippen molar-refractivity contribution < 1.29 is 4.42 Å². The molecule has 1 aliphatic carbocycles. The van der Waals surface area contributed by atoms with E-state index in [0.29, 0.717) is 0 Å². The predicted octanol–water partition coefficient (Wildman–Crippen LogP) is 18.2. The third-order valence-electron chi connectivity index (χ3n) is 18.4. The van der Waals surface area contributed by atoms with Gasteiger partial charge in [0, 0.05) is 70.2 Å². The highest BCUT2D eigenvalue weighted by molar-refractivity contribution is 7.25. The van der Waals surface area contributed by atoms with Crippen LogP contribution in [0.15, 0.2) is 168 Å². The van der Waals surface area contributed by atoms with Crippen LogP contribution in [0.2, 0.25) is 0 Å². The SMILES string of the molecule is CC(C)(C)c1ccc(N2B3c4cc5nc(-c6ccccc6)n(-c6ccccc6)c5cc4-n4c5ccc(C(C)(C)C)cc5c5c6oc7ccccc7c6c(c3c54)-c3cc4sc5cc6c(cc5c4cc32)C(C)(C)CCC6(C)C)cc1. The highest BCUT2D eigenvalue weighted by atomic mass is 32.1. The molecule has 0 saturated carbocycles. The molecule has 16 rings (SSSR count). The van der Waals surface area contributed by atoms with Crippen LogP contribution in [0.3, 0.4) is 0 Å². The second-order valence-electron chi connectivity index (χ2n) is 26.2. The largest absolute Gasteiger partial charge is 0.455 e. The summed E-state index contributed by atoms with van der Waals surface area (Å²) in [6.07, 6.45) is 2.36. The van der Waals surface area contributed by atoms with E-state index >= 15 is 0 Å². The maximum atomic E-state index is 7.39. The Morgan fingerprint density at radius 3 is 1.94 bits per heavy atom. The smallest absolute Gasteiger partial charge is 0.333 e. The molecule has 0 spiro atoms. The summed E-state index contributed by atoms with van der Waals surface area (Å²) in [5, 5.41) is 7.37. The zero-order valence-electron chi connectivity index (χ0n) is 46.2. The lowest BCUT2D eigenvalue weighted by Gasteiger charge is -2.42. The van der Waals surface area contributed by atoms with Crippen LogP contribution in [-0.2, 0) is 21.7 Å². The minimum absolute atomic E-state index is 0.0157. The molecule has 0 unspecified atom stereocenters. The summed E-state index contributed by atoms with van der Waals surface area (Å²) in [6.45, 7) is 23.5. The molecule has 0 bridgehead atoms. The van der Waals surface area contributed by atoms with Crippen molar-refractivity contribution in [2.75, 3.05) is 4.81 Å². The fourth-order valence-electron chi connectivity index (χ4n) is 14.2. The number of hydrogen-bond acceptors (Lipinski definition) is 4. The number of imidazole rings is 1. The van der Waals surface area contributed by atoms with Crippen LogP contribution in [0.1, 0.15) is 104 Å². The highest BCUT2D eigenvalue weighted by Gasteiger charge is 2.47. The number of para-hydroxylation sites is 2. The number of rotatable bonds is 3. The van der Waals surface area contributed by atoms with E-state index in [4.69, 9.17) is 9.40 Å². The molecule has 78 heavy (non-hydrogen) atoms. The van der Waals surface area contributed by atoms with Crippen molar-refractivity contribution in [3.8, 4) is 33.9 Å². The number of furan rings is 1. The lowest BCUT2D eigenvalue weighted by atomic mass is 9.43. The van der Waals surface area contributed by atoms with Crippen LogP contribution in [0.5, 0.6) is 0 Å². The standard InChI is InChI=1S/C71H61BN4OS/c1-68(2,3)41-25-28-44(29-26-41)76-55-35-47-46-34-50-51(71(9,10)32-31-70(50,7)8)37-60(46)78-59(47)36-49(55)61-62-45-23-17-18-24-58(45)77-66(62)63-48-33-42(69(4,5)6)27-30-54(48)75-56-39-57-53(38-52(56)72(76)64(61)65(63)75)73-67(40-19-13-11-14-20-40)74(57)43-21-15-12-16-22-43/h11-30,33-39H,31-32H2,1-10H3. The zero-order valence-corrected chi connectivity index (χ0v) is 47.0. The fraction of sp³-hybridized carbons (Fsp3) is 0.225. The Morgan fingerprint density at radius 1 is 0.551 bits per heavy atom. The predicted molar refractivity (Wildman–Crippen MR) is 333 cm³/mol. The molecule has 4 aromatic heterocycles. The van der Waals surface area contributed by atoms with Gasteiger partial charge in [0.05, 0.1) is 27.5 Å². The molecular formula is C71H61BN4OS. The number of hydrogen-bond donors (Lipinski definition) is 0. The average molecular weight is 1030 g/mol. The Morgan fingerprint density at radius 2 is 1.21 bits per heavy atom. The van der Waals surface area contributed by atoms with Crippen LogP contribution in [0.4, 0.5) is 11.4 Å². The maximum Gasteiger partial charge on any atom is 0.333 e. The van der Waals surface area contributed by atoms with E-state index in [-0.39, 0.29) is 28.5 Å². The van der Waals surface area contributed by atoms with Gasteiger partial charge in [0.1, 0.15) is 17.0 Å². The average Bonchev–Trinajstić information content (AvgIpc) is 3.70. The van der Waals surface area contributed by atoms with E-state index in [1.54, 1.807) is 0 Å². The first-order chi connectivity index (χ1) is 37.4. The number of fused-ring (bicyclic) bond motifs is 18. The Bertz CT molecular complexity index is 4750. The third-order valence-corrected chi connectivity index (χ3v) is 19.6. The van der Waals surface area contributed by atoms with Gasteiger partial charge in [-0.15, -0.1) is 11.3 Å². The van der Waals surface area contributed by atoms with E-state index < -0.39 is 0 Å². The van der Waals surface area contributed by atoms with Gasteiger partial charge in [-0.3, -0.25) is 4.57 Å². The van der Waals surface area contributed by atoms with Crippen molar-refractivity contribution in [2.45, 2.75) is 104 Å². The van der Waals surface area contributed by atoms with Gasteiger partial charge in [-0.25, -0.2) is 4.98 Å². The number of anilines is 2. The summed E-state index contributed by atoms with van der Waals surface area (Å²) in [6, 6.07) is 62.2. The first-order valence-corrected chi connectivity index (χ1v) is 28.8. The van der Waals surface area contributed by atoms with E-state index in [1.807, 2.05) is 11.3 Å². The molecule has 0 saturated heterocycles. The zero-order chi connectivity index (χ0) is 53.1. The molecule has 7 heteroatoms. The maximum absolute atomic E-state index is 7.39. The van der Waals surface area contributed by atoms with E-state index in [0.717, 1.165) is 56.0 Å².